The van der Waals surface area contributed by atoms with Gasteiger partial charge in [-0.1, -0.05) is 6.07 Å². The predicted octanol–water partition coefficient (Wildman–Crippen LogP) is 2.15. The van der Waals surface area contributed by atoms with E-state index < -0.39 is 5.97 Å². The standard InChI is InChI=1S/C20H21N5O3/c1-14-9-16(24(2)23-14)13-25(12-15-5-4-7-21-10-15)19(26)18-11-22-8-6-17(18)20(27)28-3/h4-11H,12-13H2,1-3H3. The van der Waals surface area contributed by atoms with E-state index in [9.17, 15) is 9.59 Å². The van der Waals surface area contributed by atoms with E-state index >= 15 is 0 Å². The van der Waals surface area contributed by atoms with Gasteiger partial charge in [-0.05, 0) is 30.7 Å². The van der Waals surface area contributed by atoms with E-state index in [1.54, 1.807) is 22.0 Å². The van der Waals surface area contributed by atoms with Crippen LogP contribution in [0.1, 0.15) is 37.7 Å². The van der Waals surface area contributed by atoms with Crippen molar-refractivity contribution >= 4 is 11.9 Å². The van der Waals surface area contributed by atoms with Crippen LogP contribution in [0.4, 0.5) is 0 Å². The largest absolute Gasteiger partial charge is 0.465 e. The maximum absolute atomic E-state index is 13.3. The summed E-state index contributed by atoms with van der Waals surface area (Å²) in [5, 5.41) is 4.34. The molecule has 0 saturated carbocycles. The minimum atomic E-state index is -0.580. The zero-order valence-corrected chi connectivity index (χ0v) is 16.0. The molecule has 0 aliphatic heterocycles. The number of ether oxygens (including phenoxy) is 1. The molecule has 0 aromatic carbocycles. The maximum Gasteiger partial charge on any atom is 0.338 e. The molecule has 0 aliphatic rings. The van der Waals surface area contributed by atoms with Crippen molar-refractivity contribution in [2.24, 2.45) is 7.05 Å². The fourth-order valence-electron chi connectivity index (χ4n) is 2.94. The summed E-state index contributed by atoms with van der Waals surface area (Å²) >= 11 is 0. The lowest BCUT2D eigenvalue weighted by atomic mass is 10.1. The van der Waals surface area contributed by atoms with Gasteiger partial charge in [0.05, 0.1) is 36.2 Å². The Morgan fingerprint density at radius 2 is 1.89 bits per heavy atom. The van der Waals surface area contributed by atoms with Crippen molar-refractivity contribution < 1.29 is 14.3 Å². The molecule has 3 rings (SSSR count). The van der Waals surface area contributed by atoms with Gasteiger partial charge in [0.1, 0.15) is 0 Å². The molecule has 0 spiro atoms. The Morgan fingerprint density at radius 1 is 1.11 bits per heavy atom. The van der Waals surface area contributed by atoms with Crippen LogP contribution in [0.3, 0.4) is 0 Å². The van der Waals surface area contributed by atoms with E-state index in [0.717, 1.165) is 17.0 Å². The van der Waals surface area contributed by atoms with Gasteiger partial charge in [-0.3, -0.25) is 19.4 Å². The first-order valence-electron chi connectivity index (χ1n) is 8.69. The van der Waals surface area contributed by atoms with Gasteiger partial charge in [-0.15, -0.1) is 0 Å². The highest BCUT2D eigenvalue weighted by molar-refractivity contribution is 6.05. The number of aryl methyl sites for hydroxylation is 2. The highest BCUT2D eigenvalue weighted by atomic mass is 16.5. The number of carbonyl (C=O) groups excluding carboxylic acids is 2. The number of hydrogen-bond acceptors (Lipinski definition) is 6. The Kier molecular flexibility index (Phi) is 5.78. The smallest absolute Gasteiger partial charge is 0.338 e. The monoisotopic (exact) mass is 379 g/mol. The van der Waals surface area contributed by atoms with Gasteiger partial charge in [-0.2, -0.15) is 5.10 Å². The fourth-order valence-corrected chi connectivity index (χ4v) is 2.94. The third kappa shape index (κ3) is 4.22. The first-order chi connectivity index (χ1) is 13.5. The van der Waals surface area contributed by atoms with Crippen molar-refractivity contribution in [2.45, 2.75) is 20.0 Å². The molecule has 1 amide bonds. The summed E-state index contributed by atoms with van der Waals surface area (Å²) in [7, 11) is 3.11. The van der Waals surface area contributed by atoms with Crippen LogP contribution >= 0.6 is 0 Å². The minimum absolute atomic E-state index is 0.180. The van der Waals surface area contributed by atoms with Crippen molar-refractivity contribution in [3.8, 4) is 0 Å². The van der Waals surface area contributed by atoms with E-state index in [0.29, 0.717) is 13.1 Å². The van der Waals surface area contributed by atoms with Crippen molar-refractivity contribution in [3.63, 3.8) is 0 Å². The molecule has 0 fully saturated rings. The highest BCUT2D eigenvalue weighted by Gasteiger charge is 2.24. The van der Waals surface area contributed by atoms with E-state index in [-0.39, 0.29) is 17.0 Å². The summed E-state index contributed by atoms with van der Waals surface area (Å²) in [6.45, 7) is 2.54. The summed E-state index contributed by atoms with van der Waals surface area (Å²) in [5.74, 6) is -0.903. The molecule has 0 saturated heterocycles. The van der Waals surface area contributed by atoms with Crippen molar-refractivity contribution in [3.05, 3.63) is 77.1 Å². The van der Waals surface area contributed by atoms with Gasteiger partial charge in [0.2, 0.25) is 0 Å². The second-order valence-electron chi connectivity index (χ2n) is 6.34. The number of aromatic nitrogens is 4. The molecule has 3 heterocycles. The lowest BCUT2D eigenvalue weighted by Crippen LogP contribution is -2.32. The average molecular weight is 379 g/mol. The molecule has 28 heavy (non-hydrogen) atoms. The number of nitrogens with zero attached hydrogens (tertiary/aromatic N) is 5. The lowest BCUT2D eigenvalue weighted by molar-refractivity contribution is 0.0587. The molecule has 0 bridgehead atoms. The molecular weight excluding hydrogens is 358 g/mol. The molecule has 0 radical (unpaired) electrons. The van der Waals surface area contributed by atoms with E-state index in [1.165, 1.54) is 25.6 Å². The van der Waals surface area contributed by atoms with Crippen molar-refractivity contribution in [1.82, 2.24) is 24.6 Å². The maximum atomic E-state index is 13.3. The summed E-state index contributed by atoms with van der Waals surface area (Å²) in [6.07, 6.45) is 6.23. The number of hydrogen-bond donors (Lipinski definition) is 0. The first kappa shape index (κ1) is 19.2. The van der Waals surface area contributed by atoms with Crippen molar-refractivity contribution in [2.75, 3.05) is 7.11 Å². The molecular formula is C20H21N5O3. The SMILES string of the molecule is COC(=O)c1ccncc1C(=O)N(Cc1cccnc1)Cc1cc(C)nn1C. The van der Waals surface area contributed by atoms with Crippen LogP contribution in [0.25, 0.3) is 0 Å². The van der Waals surface area contributed by atoms with Gasteiger partial charge in [0.15, 0.2) is 0 Å². The van der Waals surface area contributed by atoms with Crippen LogP contribution in [0.15, 0.2) is 49.1 Å². The van der Waals surface area contributed by atoms with E-state index in [4.69, 9.17) is 4.74 Å². The number of rotatable bonds is 6. The Bertz CT molecular complexity index is 985. The van der Waals surface area contributed by atoms with Crippen LogP contribution in [-0.4, -0.2) is 43.6 Å². The second-order valence-corrected chi connectivity index (χ2v) is 6.34. The molecule has 0 unspecified atom stereocenters. The Hall–Kier alpha value is -3.55. The zero-order chi connectivity index (χ0) is 20.1. The zero-order valence-electron chi connectivity index (χ0n) is 16.0. The highest BCUT2D eigenvalue weighted by Crippen LogP contribution is 2.17. The van der Waals surface area contributed by atoms with Crippen LogP contribution < -0.4 is 0 Å². The molecule has 144 valence electrons. The summed E-state index contributed by atoms with van der Waals surface area (Å²) < 4.78 is 6.54. The summed E-state index contributed by atoms with van der Waals surface area (Å²) in [4.78, 5) is 35.2. The van der Waals surface area contributed by atoms with Crippen molar-refractivity contribution in [1.29, 1.82) is 0 Å². The quantitative estimate of drug-likeness (QED) is 0.610. The number of pyridine rings is 2. The van der Waals surface area contributed by atoms with Gasteiger partial charge in [0.25, 0.3) is 5.91 Å². The number of amides is 1. The normalized spacial score (nSPS) is 10.5. The number of esters is 1. The summed E-state index contributed by atoms with van der Waals surface area (Å²) in [5.41, 5.74) is 2.98. The topological polar surface area (TPSA) is 90.2 Å². The van der Waals surface area contributed by atoms with Gasteiger partial charge < -0.3 is 9.64 Å². The van der Waals surface area contributed by atoms with E-state index in [1.807, 2.05) is 32.2 Å². The summed E-state index contributed by atoms with van der Waals surface area (Å²) in [6, 6.07) is 7.12. The van der Waals surface area contributed by atoms with Gasteiger partial charge >= 0.3 is 5.97 Å². The van der Waals surface area contributed by atoms with Crippen LogP contribution in [0.5, 0.6) is 0 Å². The third-order valence-electron chi connectivity index (χ3n) is 4.29. The second kappa shape index (κ2) is 8.43. The first-order valence-corrected chi connectivity index (χ1v) is 8.69. The third-order valence-corrected chi connectivity index (χ3v) is 4.29. The molecule has 0 N–H and O–H groups in total. The van der Waals surface area contributed by atoms with E-state index in [2.05, 4.69) is 15.1 Å². The molecule has 3 aromatic rings. The fraction of sp³-hybridized carbons (Fsp3) is 0.250. The average Bonchev–Trinajstić information content (AvgIpc) is 3.03. The number of methoxy groups -OCH3 is 1. The Morgan fingerprint density at radius 3 is 2.54 bits per heavy atom. The van der Waals surface area contributed by atoms with Gasteiger partial charge in [0, 0.05) is 38.4 Å². The van der Waals surface area contributed by atoms with Gasteiger partial charge in [-0.25, -0.2) is 4.79 Å². The molecule has 8 heteroatoms. The number of carbonyl (C=O) groups is 2. The Balaban J connectivity index is 1.97. The Labute approximate surface area is 162 Å². The van der Waals surface area contributed by atoms with Crippen LogP contribution in [0, 0.1) is 6.92 Å². The molecule has 0 atom stereocenters. The van der Waals surface area contributed by atoms with Crippen LogP contribution in [0.2, 0.25) is 0 Å². The molecule has 0 aliphatic carbocycles. The molecule has 8 nitrogen and oxygen atoms in total. The molecule has 3 aromatic heterocycles. The lowest BCUT2D eigenvalue weighted by Gasteiger charge is -2.23. The predicted molar refractivity (Wildman–Crippen MR) is 101 cm³/mol. The minimum Gasteiger partial charge on any atom is -0.465 e. The van der Waals surface area contributed by atoms with Crippen LogP contribution in [-0.2, 0) is 24.9 Å².